The number of likely N-dealkylation sites (tertiary alicyclic amines) is 1. The molecule has 0 bridgehead atoms. The lowest BCUT2D eigenvalue weighted by atomic mass is 9.73. The van der Waals surface area contributed by atoms with Crippen LogP contribution in [0.2, 0.25) is 0 Å². The number of nitrogens with one attached hydrogen (secondary N) is 2. The van der Waals surface area contributed by atoms with E-state index in [0.29, 0.717) is 6.04 Å². The summed E-state index contributed by atoms with van der Waals surface area (Å²) in [5.74, 6) is 0.958. The second-order valence-electron chi connectivity index (χ2n) is 8.76. The fraction of sp³-hybridized carbons (Fsp3) is 0.583. The van der Waals surface area contributed by atoms with E-state index >= 15 is 0 Å². The van der Waals surface area contributed by atoms with Crippen LogP contribution in [0.4, 0.5) is 0 Å². The molecule has 1 aliphatic carbocycles. The van der Waals surface area contributed by atoms with E-state index in [9.17, 15) is 0 Å². The molecule has 2 aliphatic rings. The number of piperidine rings is 1. The van der Waals surface area contributed by atoms with Gasteiger partial charge >= 0.3 is 0 Å². The molecule has 4 rings (SSSR count). The highest BCUT2D eigenvalue weighted by Crippen LogP contribution is 2.41. The average Bonchev–Trinajstić information content (AvgIpc) is 3.35. The lowest BCUT2D eigenvalue weighted by Crippen LogP contribution is -2.51. The minimum atomic E-state index is 0.274. The highest BCUT2D eigenvalue weighted by atomic mass is 32.1. The summed E-state index contributed by atoms with van der Waals surface area (Å²) in [6, 6.07) is 11.2. The van der Waals surface area contributed by atoms with Crippen LogP contribution in [0.5, 0.6) is 0 Å². The summed E-state index contributed by atoms with van der Waals surface area (Å²) in [6.07, 6.45) is 10.8. The van der Waals surface area contributed by atoms with Crippen molar-refractivity contribution in [3.63, 3.8) is 0 Å². The van der Waals surface area contributed by atoms with E-state index in [0.717, 1.165) is 50.7 Å². The maximum absolute atomic E-state index is 4.54. The van der Waals surface area contributed by atoms with Crippen molar-refractivity contribution in [3.05, 3.63) is 52.5 Å². The van der Waals surface area contributed by atoms with Crippen LogP contribution >= 0.6 is 11.3 Å². The number of aromatic nitrogens is 1. The minimum Gasteiger partial charge on any atom is -0.355 e. The van der Waals surface area contributed by atoms with E-state index in [4.69, 9.17) is 0 Å². The van der Waals surface area contributed by atoms with Gasteiger partial charge < -0.3 is 10.6 Å². The number of rotatable bonds is 6. The number of guanidine groups is 1. The summed E-state index contributed by atoms with van der Waals surface area (Å²) in [4.78, 5) is 13.0. The second kappa shape index (κ2) is 10.4. The van der Waals surface area contributed by atoms with Gasteiger partial charge in [0.25, 0.3) is 0 Å². The van der Waals surface area contributed by atoms with Crippen LogP contribution < -0.4 is 10.6 Å². The van der Waals surface area contributed by atoms with E-state index in [2.05, 4.69) is 55.2 Å². The average molecular weight is 426 g/mol. The number of hydrogen-bond acceptors (Lipinski definition) is 4. The molecule has 0 spiro atoms. The summed E-state index contributed by atoms with van der Waals surface area (Å²) in [5, 5.41) is 9.60. The molecule has 162 valence electrons. The van der Waals surface area contributed by atoms with Gasteiger partial charge in [-0.25, -0.2) is 0 Å². The molecule has 0 aromatic carbocycles. The molecule has 0 radical (unpaired) electrons. The van der Waals surface area contributed by atoms with Crippen molar-refractivity contribution >= 4 is 17.3 Å². The quantitative estimate of drug-likeness (QED) is 0.539. The van der Waals surface area contributed by atoms with Crippen molar-refractivity contribution < 1.29 is 0 Å². The molecule has 0 atom stereocenters. The van der Waals surface area contributed by atoms with Gasteiger partial charge in [0, 0.05) is 55.8 Å². The van der Waals surface area contributed by atoms with Gasteiger partial charge in [-0.1, -0.05) is 31.4 Å². The first-order chi connectivity index (χ1) is 14.8. The lowest BCUT2D eigenvalue weighted by Gasteiger charge is -2.38. The number of aliphatic imine (C=N–C) groups is 1. The fourth-order valence-electron chi connectivity index (χ4n) is 4.92. The molecule has 2 fully saturated rings. The predicted octanol–water partition coefficient (Wildman–Crippen LogP) is 4.17. The third kappa shape index (κ3) is 5.41. The van der Waals surface area contributed by atoms with E-state index in [1.54, 1.807) is 0 Å². The molecule has 6 heteroatoms. The van der Waals surface area contributed by atoms with Gasteiger partial charge in [-0.05, 0) is 49.3 Å². The Balaban J connectivity index is 1.27. The number of thiophene rings is 1. The molecule has 30 heavy (non-hydrogen) atoms. The highest BCUT2D eigenvalue weighted by molar-refractivity contribution is 7.10. The number of nitrogens with zero attached hydrogens (tertiary/aromatic N) is 3. The molecule has 5 nitrogen and oxygen atoms in total. The lowest BCUT2D eigenvalue weighted by molar-refractivity contribution is 0.196. The summed E-state index contributed by atoms with van der Waals surface area (Å²) in [6.45, 7) is 4.13. The van der Waals surface area contributed by atoms with Crippen LogP contribution in [0.15, 0.2) is 46.9 Å². The molecule has 2 N–H and O–H groups in total. The van der Waals surface area contributed by atoms with Crippen LogP contribution in [0.1, 0.15) is 55.5 Å². The normalized spacial score (nSPS) is 20.8. The van der Waals surface area contributed by atoms with E-state index in [-0.39, 0.29) is 5.41 Å². The van der Waals surface area contributed by atoms with Crippen LogP contribution in [0.25, 0.3) is 0 Å². The minimum absolute atomic E-state index is 0.274. The molecular formula is C24H35N5S. The third-order valence-electron chi connectivity index (χ3n) is 6.71. The zero-order valence-electron chi connectivity index (χ0n) is 18.1. The standard InChI is InChI=1S/C24H35N5S/c1-25-23(27-19-24(12-4-2-5-13-24)22-9-7-17-30-22)28-20-10-15-29(16-11-20)18-21-8-3-6-14-26-21/h3,6-9,14,17,20H,2,4-5,10-13,15-16,18-19H2,1H3,(H2,25,27,28). The van der Waals surface area contributed by atoms with Gasteiger partial charge in [-0.3, -0.25) is 14.9 Å². The third-order valence-corrected chi connectivity index (χ3v) is 7.83. The Morgan fingerprint density at radius 2 is 2.00 bits per heavy atom. The summed E-state index contributed by atoms with van der Waals surface area (Å²) in [5.41, 5.74) is 1.43. The Morgan fingerprint density at radius 1 is 1.17 bits per heavy atom. The van der Waals surface area contributed by atoms with E-state index < -0.39 is 0 Å². The van der Waals surface area contributed by atoms with Crippen molar-refractivity contribution in [1.29, 1.82) is 0 Å². The second-order valence-corrected chi connectivity index (χ2v) is 9.71. The molecule has 0 unspecified atom stereocenters. The number of hydrogen-bond donors (Lipinski definition) is 2. The van der Waals surface area contributed by atoms with Crippen molar-refractivity contribution in [3.8, 4) is 0 Å². The van der Waals surface area contributed by atoms with E-state index in [1.807, 2.05) is 30.6 Å². The van der Waals surface area contributed by atoms with Gasteiger partial charge in [0.15, 0.2) is 5.96 Å². The molecule has 2 aromatic heterocycles. The summed E-state index contributed by atoms with van der Waals surface area (Å²) >= 11 is 1.91. The van der Waals surface area contributed by atoms with Gasteiger partial charge in [-0.15, -0.1) is 11.3 Å². The molecule has 2 aromatic rings. The molecular weight excluding hydrogens is 390 g/mol. The molecule has 1 saturated heterocycles. The van der Waals surface area contributed by atoms with Crippen LogP contribution in [0, 0.1) is 0 Å². The van der Waals surface area contributed by atoms with Crippen molar-refractivity contribution in [2.75, 3.05) is 26.7 Å². The topological polar surface area (TPSA) is 52.6 Å². The molecule has 1 aliphatic heterocycles. The van der Waals surface area contributed by atoms with Crippen molar-refractivity contribution in [1.82, 2.24) is 20.5 Å². The Labute approximate surface area is 185 Å². The molecule has 0 amide bonds. The Bertz CT molecular complexity index is 775. The SMILES string of the molecule is CN=C(NCC1(c2cccs2)CCCCC1)NC1CCN(Cc2ccccn2)CC1. The van der Waals surface area contributed by atoms with Gasteiger partial charge in [0.2, 0.25) is 0 Å². The Kier molecular flexibility index (Phi) is 7.39. The smallest absolute Gasteiger partial charge is 0.191 e. The van der Waals surface area contributed by atoms with Gasteiger partial charge in [-0.2, -0.15) is 0 Å². The molecule has 1 saturated carbocycles. The summed E-state index contributed by atoms with van der Waals surface area (Å²) in [7, 11) is 1.89. The van der Waals surface area contributed by atoms with Crippen LogP contribution in [-0.4, -0.2) is 48.6 Å². The fourth-order valence-corrected chi connectivity index (χ4v) is 5.90. The monoisotopic (exact) mass is 425 g/mol. The zero-order chi connectivity index (χ0) is 20.7. The largest absolute Gasteiger partial charge is 0.355 e. The van der Waals surface area contributed by atoms with Gasteiger partial charge in [0.05, 0.1) is 5.69 Å². The van der Waals surface area contributed by atoms with Gasteiger partial charge in [0.1, 0.15) is 0 Å². The van der Waals surface area contributed by atoms with Crippen molar-refractivity contribution in [2.45, 2.75) is 62.9 Å². The molecule has 3 heterocycles. The van der Waals surface area contributed by atoms with Crippen LogP contribution in [-0.2, 0) is 12.0 Å². The zero-order valence-corrected chi connectivity index (χ0v) is 19.0. The highest BCUT2D eigenvalue weighted by Gasteiger charge is 2.35. The summed E-state index contributed by atoms with van der Waals surface area (Å²) < 4.78 is 0. The first-order valence-corrected chi connectivity index (χ1v) is 12.3. The first-order valence-electron chi connectivity index (χ1n) is 11.4. The van der Waals surface area contributed by atoms with Crippen LogP contribution in [0.3, 0.4) is 0 Å². The Hall–Kier alpha value is -1.92. The first kappa shape index (κ1) is 21.3. The maximum Gasteiger partial charge on any atom is 0.191 e. The van der Waals surface area contributed by atoms with Crippen molar-refractivity contribution in [2.24, 2.45) is 4.99 Å². The predicted molar refractivity (Wildman–Crippen MR) is 126 cm³/mol. The maximum atomic E-state index is 4.54. The Morgan fingerprint density at radius 3 is 2.67 bits per heavy atom. The van der Waals surface area contributed by atoms with E-state index in [1.165, 1.54) is 37.0 Å². The number of pyridine rings is 1.